The van der Waals surface area contributed by atoms with Gasteiger partial charge < -0.3 is 19.0 Å². The Hall–Kier alpha value is -1.18. The molecule has 0 aromatic carbocycles. The average Bonchev–Trinajstić information content (AvgIpc) is 2.58. The largest absolute Gasteiger partial charge is 0.464 e. The maximum absolute atomic E-state index is 12.8. The summed E-state index contributed by atoms with van der Waals surface area (Å²) in [6, 6.07) is 0. The molecule has 28 heavy (non-hydrogen) atoms. The summed E-state index contributed by atoms with van der Waals surface area (Å²) in [7, 11) is -2.36. The van der Waals surface area contributed by atoms with E-state index in [9.17, 15) is 14.7 Å². The highest BCUT2D eigenvalue weighted by Crippen LogP contribution is 2.43. The van der Waals surface area contributed by atoms with Crippen molar-refractivity contribution in [2.45, 2.75) is 97.6 Å². The van der Waals surface area contributed by atoms with E-state index in [0.717, 1.165) is 0 Å². The van der Waals surface area contributed by atoms with Gasteiger partial charge in [0.25, 0.3) is 0 Å². The average molecular weight is 417 g/mol. The Labute approximate surface area is 171 Å². The monoisotopic (exact) mass is 416 g/mol. The molecule has 0 rings (SSSR count). The molecule has 0 fully saturated rings. The number of aliphatic hydroxyl groups is 1. The molecule has 6 nitrogen and oxygen atoms in total. The molecule has 0 unspecified atom stereocenters. The first-order valence-corrected chi connectivity index (χ1v) is 12.3. The van der Waals surface area contributed by atoms with Crippen LogP contribution in [0.5, 0.6) is 0 Å². The molecule has 0 aliphatic heterocycles. The van der Waals surface area contributed by atoms with Crippen LogP contribution in [-0.2, 0) is 23.5 Å². The van der Waals surface area contributed by atoms with Crippen molar-refractivity contribution in [3.63, 3.8) is 0 Å². The fourth-order valence-corrected chi connectivity index (χ4v) is 9.59. The number of rotatable bonds is 11. The molecule has 0 aromatic rings. The Bertz CT molecular complexity index is 533. The molecule has 0 saturated carbocycles. The standard InChI is InChI=1S/C21H40O6Si/c1-11-17(9)19(27-18(10)22)21(24,20(23)25-12-2)13-26-28(14(3)4,15(5)6)16(7)8/h11,14-16,19,24H,12-13H2,1-10H3/b17-11+/t19-,21-/m1/s1. The second-order valence-electron chi connectivity index (χ2n) is 8.27. The lowest BCUT2D eigenvalue weighted by molar-refractivity contribution is -0.188. The summed E-state index contributed by atoms with van der Waals surface area (Å²) in [6.45, 7) is 18.9. The minimum atomic E-state index is -2.36. The van der Waals surface area contributed by atoms with Crippen LogP contribution in [0.1, 0.15) is 69.2 Å². The summed E-state index contributed by atoms with van der Waals surface area (Å²) in [5, 5.41) is 11.4. The fraction of sp³-hybridized carbons (Fsp3) is 0.810. The van der Waals surface area contributed by atoms with Gasteiger partial charge in [-0.15, -0.1) is 0 Å². The van der Waals surface area contributed by atoms with Crippen LogP contribution in [0.15, 0.2) is 11.6 Å². The first kappa shape index (κ1) is 26.8. The number of hydrogen-bond acceptors (Lipinski definition) is 6. The molecule has 0 bridgehead atoms. The van der Waals surface area contributed by atoms with Gasteiger partial charge in [-0.2, -0.15) is 0 Å². The Kier molecular flexibility index (Phi) is 10.6. The summed E-state index contributed by atoms with van der Waals surface area (Å²) in [4.78, 5) is 24.5. The van der Waals surface area contributed by atoms with Gasteiger partial charge in [0, 0.05) is 6.92 Å². The van der Waals surface area contributed by atoms with Crippen LogP contribution in [0.25, 0.3) is 0 Å². The molecule has 0 aliphatic rings. The molecule has 0 spiro atoms. The summed E-state index contributed by atoms with van der Waals surface area (Å²) in [5.41, 5.74) is -0.744. The molecule has 1 N–H and O–H groups in total. The van der Waals surface area contributed by atoms with E-state index in [0.29, 0.717) is 5.57 Å². The fourth-order valence-electron chi connectivity index (χ4n) is 4.12. The van der Waals surface area contributed by atoms with Crippen LogP contribution >= 0.6 is 0 Å². The van der Waals surface area contributed by atoms with Gasteiger partial charge in [-0.1, -0.05) is 47.6 Å². The van der Waals surface area contributed by atoms with Gasteiger partial charge in [0.1, 0.15) is 0 Å². The molecule has 0 saturated heterocycles. The Morgan fingerprint density at radius 3 is 1.82 bits per heavy atom. The predicted octanol–water partition coefficient (Wildman–Crippen LogP) is 4.37. The Balaban J connectivity index is 6.22. The van der Waals surface area contributed by atoms with Crippen molar-refractivity contribution >= 4 is 20.3 Å². The minimum absolute atomic E-state index is 0.101. The van der Waals surface area contributed by atoms with E-state index in [1.165, 1.54) is 6.92 Å². The SMILES string of the molecule is C/C=C(\C)[C@@H](OC(C)=O)[C@](O)(CO[Si](C(C)C)(C(C)C)C(C)C)C(=O)OCC. The van der Waals surface area contributed by atoms with Gasteiger partial charge in [0.05, 0.1) is 13.2 Å². The zero-order valence-corrected chi connectivity index (χ0v) is 20.3. The van der Waals surface area contributed by atoms with Crippen LogP contribution in [0.3, 0.4) is 0 Å². The van der Waals surface area contributed by atoms with Crippen LogP contribution in [0.2, 0.25) is 16.6 Å². The first-order valence-electron chi connectivity index (χ1n) is 10.1. The molecule has 0 radical (unpaired) electrons. The van der Waals surface area contributed by atoms with Crippen molar-refractivity contribution in [1.29, 1.82) is 0 Å². The van der Waals surface area contributed by atoms with Gasteiger partial charge in [0.2, 0.25) is 5.60 Å². The quantitative estimate of drug-likeness (QED) is 0.306. The van der Waals surface area contributed by atoms with E-state index >= 15 is 0 Å². The summed E-state index contributed by atoms with van der Waals surface area (Å²) in [5.74, 6) is -1.43. The Morgan fingerprint density at radius 2 is 1.50 bits per heavy atom. The highest BCUT2D eigenvalue weighted by Gasteiger charge is 2.53. The number of hydrogen-bond donors (Lipinski definition) is 1. The van der Waals surface area contributed by atoms with E-state index in [1.54, 1.807) is 26.8 Å². The minimum Gasteiger partial charge on any atom is -0.464 e. The van der Waals surface area contributed by atoms with E-state index in [-0.39, 0.29) is 29.8 Å². The summed E-state index contributed by atoms with van der Waals surface area (Å²) < 4.78 is 17.0. The molecule has 0 heterocycles. The second-order valence-corrected chi connectivity index (χ2v) is 13.7. The van der Waals surface area contributed by atoms with E-state index < -0.39 is 32.0 Å². The van der Waals surface area contributed by atoms with Crippen molar-refractivity contribution in [1.82, 2.24) is 0 Å². The summed E-state index contributed by atoms with van der Waals surface area (Å²) >= 11 is 0. The molecule has 7 heteroatoms. The third kappa shape index (κ3) is 5.91. The molecular weight excluding hydrogens is 376 g/mol. The number of allylic oxidation sites excluding steroid dienone is 1. The molecule has 164 valence electrons. The number of esters is 2. The molecular formula is C21H40O6Si. The zero-order valence-electron chi connectivity index (χ0n) is 19.3. The van der Waals surface area contributed by atoms with Crippen molar-refractivity contribution in [2.75, 3.05) is 13.2 Å². The highest BCUT2D eigenvalue weighted by molar-refractivity contribution is 6.77. The summed E-state index contributed by atoms with van der Waals surface area (Å²) in [6.07, 6.45) is 0.530. The van der Waals surface area contributed by atoms with Crippen LogP contribution < -0.4 is 0 Å². The van der Waals surface area contributed by atoms with Gasteiger partial charge in [-0.05, 0) is 43.0 Å². The van der Waals surface area contributed by atoms with Gasteiger partial charge in [-0.25, -0.2) is 4.79 Å². The highest BCUT2D eigenvalue weighted by atomic mass is 28.4. The number of ether oxygens (including phenoxy) is 2. The number of carbonyl (C=O) groups is 2. The Morgan fingerprint density at radius 1 is 1.04 bits per heavy atom. The van der Waals surface area contributed by atoms with Crippen molar-refractivity contribution in [3.05, 3.63) is 11.6 Å². The lowest BCUT2D eigenvalue weighted by Gasteiger charge is -2.44. The zero-order chi connectivity index (χ0) is 22.3. The molecule has 0 aliphatic carbocycles. The number of carbonyl (C=O) groups excluding carboxylic acids is 2. The van der Waals surface area contributed by atoms with Crippen molar-refractivity contribution < 1.29 is 28.6 Å². The maximum atomic E-state index is 12.8. The molecule has 0 amide bonds. The first-order chi connectivity index (χ1) is 12.8. The normalized spacial score (nSPS) is 16.3. The third-order valence-corrected chi connectivity index (χ3v) is 11.5. The van der Waals surface area contributed by atoms with Crippen LogP contribution in [0, 0.1) is 0 Å². The van der Waals surface area contributed by atoms with Gasteiger partial charge in [-0.3, -0.25) is 4.79 Å². The van der Waals surface area contributed by atoms with Crippen LogP contribution in [0.4, 0.5) is 0 Å². The van der Waals surface area contributed by atoms with Gasteiger partial charge >= 0.3 is 11.9 Å². The van der Waals surface area contributed by atoms with Crippen molar-refractivity contribution in [3.8, 4) is 0 Å². The smallest absolute Gasteiger partial charge is 0.344 e. The molecule has 0 aromatic heterocycles. The predicted molar refractivity (Wildman–Crippen MR) is 114 cm³/mol. The van der Waals surface area contributed by atoms with Gasteiger partial charge in [0.15, 0.2) is 14.4 Å². The molecule has 2 atom stereocenters. The van der Waals surface area contributed by atoms with E-state index in [1.807, 2.05) is 0 Å². The lowest BCUT2D eigenvalue weighted by Crippen LogP contribution is -2.59. The van der Waals surface area contributed by atoms with Crippen molar-refractivity contribution in [2.24, 2.45) is 0 Å². The lowest BCUT2D eigenvalue weighted by atomic mass is 9.92. The van der Waals surface area contributed by atoms with E-state index in [2.05, 4.69) is 41.5 Å². The second kappa shape index (κ2) is 11.1. The third-order valence-electron chi connectivity index (χ3n) is 5.46. The van der Waals surface area contributed by atoms with Crippen LogP contribution in [-0.4, -0.2) is 50.3 Å². The van der Waals surface area contributed by atoms with E-state index in [4.69, 9.17) is 13.9 Å². The topological polar surface area (TPSA) is 82.1 Å². The maximum Gasteiger partial charge on any atom is 0.344 e.